The summed E-state index contributed by atoms with van der Waals surface area (Å²) < 4.78 is 0. The van der Waals surface area contributed by atoms with Crippen LogP contribution in [0.3, 0.4) is 0 Å². The minimum Gasteiger partial charge on any atom is -0.507 e. The number of benzene rings is 1. The molecule has 0 radical (unpaired) electrons. The van der Waals surface area contributed by atoms with E-state index in [-0.39, 0.29) is 16.7 Å². The number of nitrogens with zero attached hydrogens (tertiary/aromatic N) is 3. The second-order valence-electron chi connectivity index (χ2n) is 9.36. The fourth-order valence-electron chi connectivity index (χ4n) is 3.80. The van der Waals surface area contributed by atoms with Gasteiger partial charge in [0.2, 0.25) is 0 Å². The van der Waals surface area contributed by atoms with Gasteiger partial charge in [-0.15, -0.1) is 0 Å². The summed E-state index contributed by atoms with van der Waals surface area (Å²) in [5, 5.41) is 11.4. The zero-order chi connectivity index (χ0) is 22.9. The Hall–Kier alpha value is -2.99. The molecular formula is C25H31N3O3. The molecule has 1 aliphatic heterocycles. The number of rotatable bonds is 5. The Labute approximate surface area is 184 Å². The van der Waals surface area contributed by atoms with E-state index in [1.54, 1.807) is 29.4 Å². The number of ketones is 1. The number of Topliss-reactive ketones (excluding diaryl/α,β-unsaturated/α-hetero) is 1. The van der Waals surface area contributed by atoms with Crippen LogP contribution in [0.2, 0.25) is 0 Å². The van der Waals surface area contributed by atoms with Crippen molar-refractivity contribution in [3.05, 3.63) is 70.6 Å². The Kier molecular flexibility index (Phi) is 6.32. The monoisotopic (exact) mass is 421 g/mol. The molecule has 1 aromatic heterocycles. The first kappa shape index (κ1) is 22.7. The lowest BCUT2D eigenvalue weighted by Gasteiger charge is -2.26. The molecule has 6 heteroatoms. The van der Waals surface area contributed by atoms with Gasteiger partial charge in [0, 0.05) is 31.0 Å². The van der Waals surface area contributed by atoms with Crippen LogP contribution in [0, 0.1) is 6.92 Å². The number of hydrogen-bond acceptors (Lipinski definition) is 5. The highest BCUT2D eigenvalue weighted by Crippen LogP contribution is 2.40. The van der Waals surface area contributed by atoms with Gasteiger partial charge >= 0.3 is 0 Å². The van der Waals surface area contributed by atoms with Crippen LogP contribution in [0.4, 0.5) is 0 Å². The number of aryl methyl sites for hydroxylation is 1. The quantitative estimate of drug-likeness (QED) is 0.453. The Balaban J connectivity index is 2.20. The number of aromatic nitrogens is 1. The summed E-state index contributed by atoms with van der Waals surface area (Å²) in [5.74, 6) is -1.37. The van der Waals surface area contributed by atoms with E-state index < -0.39 is 17.7 Å². The Morgan fingerprint density at radius 1 is 1.13 bits per heavy atom. The topological polar surface area (TPSA) is 73.7 Å². The minimum absolute atomic E-state index is 0.120. The normalized spacial score (nSPS) is 18.8. The second kappa shape index (κ2) is 8.63. The summed E-state index contributed by atoms with van der Waals surface area (Å²) in [6.45, 7) is 9.16. The van der Waals surface area contributed by atoms with Gasteiger partial charge in [-0.2, -0.15) is 0 Å². The summed E-state index contributed by atoms with van der Waals surface area (Å²) in [7, 11) is 3.83. The Morgan fingerprint density at radius 2 is 1.77 bits per heavy atom. The lowest BCUT2D eigenvalue weighted by Crippen LogP contribution is -2.35. The molecule has 1 unspecified atom stereocenters. The number of carbonyl (C=O) groups is 2. The van der Waals surface area contributed by atoms with Crippen molar-refractivity contribution in [3.63, 3.8) is 0 Å². The van der Waals surface area contributed by atoms with Gasteiger partial charge in [0.1, 0.15) is 5.76 Å². The maximum absolute atomic E-state index is 13.1. The zero-order valence-electron chi connectivity index (χ0n) is 19.1. The fourth-order valence-corrected chi connectivity index (χ4v) is 3.80. The van der Waals surface area contributed by atoms with Gasteiger partial charge < -0.3 is 14.9 Å². The number of hydrogen-bond donors (Lipinski definition) is 1. The van der Waals surface area contributed by atoms with Gasteiger partial charge in [-0.1, -0.05) is 32.9 Å². The molecule has 6 nitrogen and oxygen atoms in total. The lowest BCUT2D eigenvalue weighted by molar-refractivity contribution is -0.140. The van der Waals surface area contributed by atoms with E-state index in [0.717, 1.165) is 16.7 Å². The minimum atomic E-state index is -0.654. The van der Waals surface area contributed by atoms with Crippen molar-refractivity contribution < 1.29 is 14.7 Å². The first-order valence-electron chi connectivity index (χ1n) is 10.5. The molecule has 1 amide bonds. The van der Waals surface area contributed by atoms with Crippen LogP contribution in [0.5, 0.6) is 0 Å². The SMILES string of the molecule is Cc1ccc(C(C)(C)C)cc1/C(O)=C1\C(=O)C(=O)N(CCN(C)C)C1c1ccncc1. The highest BCUT2D eigenvalue weighted by Gasteiger charge is 2.46. The summed E-state index contributed by atoms with van der Waals surface area (Å²) in [4.78, 5) is 33.6. The molecule has 1 N–H and O–H groups in total. The van der Waals surface area contributed by atoms with E-state index in [0.29, 0.717) is 18.7 Å². The average molecular weight is 422 g/mol. The van der Waals surface area contributed by atoms with Crippen molar-refractivity contribution in [1.29, 1.82) is 0 Å². The Morgan fingerprint density at radius 3 is 2.35 bits per heavy atom. The summed E-state index contributed by atoms with van der Waals surface area (Å²) >= 11 is 0. The second-order valence-corrected chi connectivity index (χ2v) is 9.36. The van der Waals surface area contributed by atoms with E-state index in [9.17, 15) is 14.7 Å². The fraction of sp³-hybridized carbons (Fsp3) is 0.400. The molecule has 2 aromatic rings. The van der Waals surface area contributed by atoms with E-state index in [1.807, 2.05) is 44.1 Å². The van der Waals surface area contributed by atoms with Gasteiger partial charge in [-0.25, -0.2) is 0 Å². The zero-order valence-corrected chi connectivity index (χ0v) is 19.1. The van der Waals surface area contributed by atoms with Crippen molar-refractivity contribution in [3.8, 4) is 0 Å². The van der Waals surface area contributed by atoms with E-state index in [4.69, 9.17) is 0 Å². The number of aliphatic hydroxyl groups excluding tert-OH is 1. The number of likely N-dealkylation sites (tertiary alicyclic amines) is 1. The van der Waals surface area contributed by atoms with Gasteiger partial charge in [0.25, 0.3) is 11.7 Å². The molecule has 1 atom stereocenters. The molecular weight excluding hydrogens is 390 g/mol. The molecule has 1 fully saturated rings. The van der Waals surface area contributed by atoms with Crippen molar-refractivity contribution in [1.82, 2.24) is 14.8 Å². The molecule has 1 saturated heterocycles. The standard InChI is InChI=1S/C25H31N3O3/c1-16-7-8-18(25(2,3)4)15-19(16)22(29)20-21(17-9-11-26-12-10-17)28(14-13-27(5)6)24(31)23(20)30/h7-12,15,21,29H,13-14H2,1-6H3/b22-20+. The van der Waals surface area contributed by atoms with Crippen molar-refractivity contribution in [2.45, 2.75) is 39.2 Å². The molecule has 0 bridgehead atoms. The number of amides is 1. The average Bonchev–Trinajstić information content (AvgIpc) is 2.96. The smallest absolute Gasteiger partial charge is 0.295 e. The molecule has 2 heterocycles. The van der Waals surface area contributed by atoms with Crippen LogP contribution in [-0.2, 0) is 15.0 Å². The predicted molar refractivity (Wildman–Crippen MR) is 122 cm³/mol. The van der Waals surface area contributed by atoms with E-state index in [2.05, 4.69) is 25.8 Å². The van der Waals surface area contributed by atoms with Crippen molar-refractivity contribution in [2.24, 2.45) is 0 Å². The maximum atomic E-state index is 13.1. The lowest BCUT2D eigenvalue weighted by atomic mass is 9.84. The maximum Gasteiger partial charge on any atom is 0.295 e. The third-order valence-electron chi connectivity index (χ3n) is 5.71. The van der Waals surface area contributed by atoms with Crippen LogP contribution in [0.25, 0.3) is 5.76 Å². The first-order chi connectivity index (χ1) is 14.5. The summed E-state index contributed by atoms with van der Waals surface area (Å²) in [5.41, 5.74) is 3.23. The number of carbonyl (C=O) groups excluding carboxylic acids is 2. The molecule has 1 aromatic carbocycles. The van der Waals surface area contributed by atoms with Crippen molar-refractivity contribution in [2.75, 3.05) is 27.2 Å². The molecule has 0 saturated carbocycles. The molecule has 1 aliphatic rings. The van der Waals surface area contributed by atoms with Crippen LogP contribution >= 0.6 is 0 Å². The number of aliphatic hydroxyl groups is 1. The first-order valence-corrected chi connectivity index (χ1v) is 10.5. The predicted octanol–water partition coefficient (Wildman–Crippen LogP) is 3.67. The highest BCUT2D eigenvalue weighted by atomic mass is 16.3. The molecule has 164 valence electrons. The van der Waals surface area contributed by atoms with Crippen LogP contribution < -0.4 is 0 Å². The highest BCUT2D eigenvalue weighted by molar-refractivity contribution is 6.46. The molecule has 0 spiro atoms. The summed E-state index contributed by atoms with van der Waals surface area (Å²) in [6.07, 6.45) is 3.26. The van der Waals surface area contributed by atoms with Crippen LogP contribution in [0.1, 0.15) is 49.1 Å². The van der Waals surface area contributed by atoms with Gasteiger partial charge in [-0.3, -0.25) is 14.6 Å². The molecule has 0 aliphatic carbocycles. The van der Waals surface area contributed by atoms with Crippen LogP contribution in [0.15, 0.2) is 48.3 Å². The van der Waals surface area contributed by atoms with Gasteiger partial charge in [0.05, 0.1) is 11.6 Å². The van der Waals surface area contributed by atoms with E-state index >= 15 is 0 Å². The third kappa shape index (κ3) is 4.54. The van der Waals surface area contributed by atoms with Crippen molar-refractivity contribution >= 4 is 17.4 Å². The van der Waals surface area contributed by atoms with Gasteiger partial charge in [0.15, 0.2) is 0 Å². The number of likely N-dealkylation sites (N-methyl/N-ethyl adjacent to an activating group) is 1. The summed E-state index contributed by atoms with van der Waals surface area (Å²) in [6, 6.07) is 8.80. The van der Waals surface area contributed by atoms with Crippen LogP contribution in [-0.4, -0.2) is 58.8 Å². The number of pyridine rings is 1. The third-order valence-corrected chi connectivity index (χ3v) is 5.71. The molecule has 3 rings (SSSR count). The van der Waals surface area contributed by atoms with Gasteiger partial charge in [-0.05, 0) is 61.3 Å². The van der Waals surface area contributed by atoms with E-state index in [1.165, 1.54) is 0 Å². The molecule has 31 heavy (non-hydrogen) atoms. The largest absolute Gasteiger partial charge is 0.507 e. The Bertz CT molecular complexity index is 1020.